The molecule has 4 N–H and O–H groups in total. The van der Waals surface area contributed by atoms with E-state index in [0.717, 1.165) is 25.9 Å². The summed E-state index contributed by atoms with van der Waals surface area (Å²) in [6.45, 7) is 1.58. The number of aliphatic carboxylic acids is 1. The minimum atomic E-state index is -1.10. The van der Waals surface area contributed by atoms with Gasteiger partial charge in [-0.3, -0.25) is 4.79 Å². The van der Waals surface area contributed by atoms with Crippen molar-refractivity contribution in [2.75, 3.05) is 19.7 Å². The molecule has 1 atom stereocenters. The van der Waals surface area contributed by atoms with E-state index >= 15 is 0 Å². The maximum absolute atomic E-state index is 11.6. The summed E-state index contributed by atoms with van der Waals surface area (Å²) in [5.41, 5.74) is 0. The topological polar surface area (TPSA) is 98.7 Å². The molecular weight excluding hydrogens is 224 g/mol. The Morgan fingerprint density at radius 2 is 2.00 bits per heavy atom. The molecule has 17 heavy (non-hydrogen) atoms. The lowest BCUT2D eigenvalue weighted by atomic mass is 9.94. The highest BCUT2D eigenvalue weighted by molar-refractivity contribution is 5.83. The standard InChI is InChI=1S/C11H20N2O4/c14-6-3-9(11(16)17)13-10(15)7-8-1-4-12-5-2-8/h8-9,12,14H,1-7H2,(H,13,15)(H,16,17). The highest BCUT2D eigenvalue weighted by Gasteiger charge is 2.22. The summed E-state index contributed by atoms with van der Waals surface area (Å²) in [5.74, 6) is -1.00. The van der Waals surface area contributed by atoms with Crippen molar-refractivity contribution in [1.29, 1.82) is 0 Å². The largest absolute Gasteiger partial charge is 0.480 e. The predicted octanol–water partition coefficient (Wildman–Crippen LogP) is -0.672. The lowest BCUT2D eigenvalue weighted by Gasteiger charge is -2.22. The zero-order valence-electron chi connectivity index (χ0n) is 9.82. The van der Waals surface area contributed by atoms with Crippen LogP contribution >= 0.6 is 0 Å². The van der Waals surface area contributed by atoms with Crippen molar-refractivity contribution in [1.82, 2.24) is 10.6 Å². The molecule has 1 fully saturated rings. The number of nitrogens with one attached hydrogen (secondary N) is 2. The summed E-state index contributed by atoms with van der Waals surface area (Å²) in [5, 5.41) is 23.2. The van der Waals surface area contributed by atoms with Crippen LogP contribution < -0.4 is 10.6 Å². The van der Waals surface area contributed by atoms with E-state index in [0.29, 0.717) is 12.3 Å². The van der Waals surface area contributed by atoms with E-state index in [1.165, 1.54) is 0 Å². The third-order valence-corrected chi connectivity index (χ3v) is 2.98. The summed E-state index contributed by atoms with van der Waals surface area (Å²) in [6, 6.07) is -0.978. The van der Waals surface area contributed by atoms with Gasteiger partial charge in [0.2, 0.25) is 5.91 Å². The molecule has 1 heterocycles. The van der Waals surface area contributed by atoms with Crippen molar-refractivity contribution >= 4 is 11.9 Å². The smallest absolute Gasteiger partial charge is 0.326 e. The number of hydrogen-bond acceptors (Lipinski definition) is 4. The molecule has 1 aliphatic heterocycles. The normalized spacial score (nSPS) is 18.6. The van der Waals surface area contributed by atoms with Gasteiger partial charge < -0.3 is 20.8 Å². The predicted molar refractivity (Wildman–Crippen MR) is 61.5 cm³/mol. The third-order valence-electron chi connectivity index (χ3n) is 2.98. The minimum absolute atomic E-state index is 0.0489. The molecule has 0 bridgehead atoms. The Labute approximate surface area is 100 Å². The Hall–Kier alpha value is -1.14. The van der Waals surface area contributed by atoms with Gasteiger partial charge in [0.15, 0.2) is 0 Å². The lowest BCUT2D eigenvalue weighted by Crippen LogP contribution is -2.42. The van der Waals surface area contributed by atoms with Gasteiger partial charge >= 0.3 is 5.97 Å². The molecule has 1 amide bonds. The van der Waals surface area contributed by atoms with Gasteiger partial charge in [-0.1, -0.05) is 0 Å². The quantitative estimate of drug-likeness (QED) is 0.496. The molecule has 0 aromatic rings. The van der Waals surface area contributed by atoms with Crippen LogP contribution in [0.5, 0.6) is 0 Å². The van der Waals surface area contributed by atoms with Crippen molar-refractivity contribution < 1.29 is 19.8 Å². The summed E-state index contributed by atoms with van der Waals surface area (Å²) in [6.07, 6.45) is 2.32. The Bertz CT molecular complexity index is 264. The number of carbonyl (C=O) groups is 2. The minimum Gasteiger partial charge on any atom is -0.480 e. The Kier molecular flexibility index (Phi) is 5.93. The van der Waals surface area contributed by atoms with Crippen LogP contribution in [0.3, 0.4) is 0 Å². The molecule has 0 saturated carbocycles. The fourth-order valence-corrected chi connectivity index (χ4v) is 1.99. The number of rotatable bonds is 6. The molecule has 0 aromatic heterocycles. The van der Waals surface area contributed by atoms with Gasteiger partial charge in [0.25, 0.3) is 0 Å². The zero-order valence-corrected chi connectivity index (χ0v) is 9.82. The second-order valence-electron chi connectivity index (χ2n) is 4.37. The molecule has 0 radical (unpaired) electrons. The van der Waals surface area contributed by atoms with Gasteiger partial charge in [0, 0.05) is 19.4 Å². The van der Waals surface area contributed by atoms with Crippen LogP contribution in [0.2, 0.25) is 0 Å². The number of aliphatic hydroxyl groups excluding tert-OH is 1. The second-order valence-corrected chi connectivity index (χ2v) is 4.37. The lowest BCUT2D eigenvalue weighted by molar-refractivity contribution is -0.142. The van der Waals surface area contributed by atoms with Gasteiger partial charge in [-0.25, -0.2) is 4.79 Å². The third kappa shape index (κ3) is 5.14. The monoisotopic (exact) mass is 244 g/mol. The number of hydrogen-bond donors (Lipinski definition) is 4. The first-order valence-corrected chi connectivity index (χ1v) is 5.97. The first-order chi connectivity index (χ1) is 8.13. The van der Waals surface area contributed by atoms with E-state index in [1.807, 2.05) is 0 Å². The first kappa shape index (κ1) is 13.9. The number of carboxylic acids is 1. The molecule has 1 rings (SSSR count). The van der Waals surface area contributed by atoms with Crippen LogP contribution in [-0.2, 0) is 9.59 Å². The summed E-state index contributed by atoms with van der Waals surface area (Å²) in [7, 11) is 0. The number of piperidine rings is 1. The zero-order chi connectivity index (χ0) is 12.7. The molecule has 1 saturated heterocycles. The average molecular weight is 244 g/mol. The molecule has 6 heteroatoms. The number of amides is 1. The van der Waals surface area contributed by atoms with Crippen LogP contribution in [0.4, 0.5) is 0 Å². The van der Waals surface area contributed by atoms with Gasteiger partial charge in [-0.15, -0.1) is 0 Å². The number of aliphatic hydroxyl groups is 1. The van der Waals surface area contributed by atoms with Crippen molar-refractivity contribution in [2.45, 2.75) is 31.7 Å². The van der Waals surface area contributed by atoms with E-state index in [2.05, 4.69) is 10.6 Å². The molecule has 0 aliphatic carbocycles. The second kappa shape index (κ2) is 7.24. The molecule has 6 nitrogen and oxygen atoms in total. The van der Waals surface area contributed by atoms with E-state index in [9.17, 15) is 9.59 Å². The van der Waals surface area contributed by atoms with E-state index in [-0.39, 0.29) is 18.9 Å². The van der Waals surface area contributed by atoms with Crippen LogP contribution in [0.1, 0.15) is 25.7 Å². The summed E-state index contributed by atoms with van der Waals surface area (Å²) < 4.78 is 0. The molecule has 1 aliphatic rings. The molecule has 0 spiro atoms. The fourth-order valence-electron chi connectivity index (χ4n) is 1.99. The van der Waals surface area contributed by atoms with Crippen molar-refractivity contribution in [3.05, 3.63) is 0 Å². The molecular formula is C11H20N2O4. The maximum atomic E-state index is 11.6. The van der Waals surface area contributed by atoms with Crippen molar-refractivity contribution in [3.63, 3.8) is 0 Å². The van der Waals surface area contributed by atoms with Gasteiger partial charge in [0.05, 0.1) is 0 Å². The Balaban J connectivity index is 2.33. The molecule has 1 unspecified atom stereocenters. The Morgan fingerprint density at radius 1 is 1.35 bits per heavy atom. The SMILES string of the molecule is O=C(CC1CCNCC1)NC(CCO)C(=O)O. The molecule has 98 valence electrons. The Morgan fingerprint density at radius 3 is 2.53 bits per heavy atom. The maximum Gasteiger partial charge on any atom is 0.326 e. The van der Waals surface area contributed by atoms with E-state index in [4.69, 9.17) is 10.2 Å². The van der Waals surface area contributed by atoms with Gasteiger partial charge in [0.1, 0.15) is 6.04 Å². The van der Waals surface area contributed by atoms with Crippen LogP contribution in [0.15, 0.2) is 0 Å². The van der Waals surface area contributed by atoms with Crippen LogP contribution in [-0.4, -0.2) is 47.8 Å². The first-order valence-electron chi connectivity index (χ1n) is 5.97. The summed E-state index contributed by atoms with van der Waals surface area (Å²) in [4.78, 5) is 22.4. The van der Waals surface area contributed by atoms with Crippen molar-refractivity contribution in [3.8, 4) is 0 Å². The highest BCUT2D eigenvalue weighted by Crippen LogP contribution is 2.15. The van der Waals surface area contributed by atoms with Gasteiger partial charge in [-0.2, -0.15) is 0 Å². The summed E-state index contributed by atoms with van der Waals surface area (Å²) >= 11 is 0. The average Bonchev–Trinajstić information content (AvgIpc) is 2.29. The van der Waals surface area contributed by atoms with E-state index in [1.54, 1.807) is 0 Å². The van der Waals surface area contributed by atoms with Crippen molar-refractivity contribution in [2.24, 2.45) is 5.92 Å². The highest BCUT2D eigenvalue weighted by atomic mass is 16.4. The van der Waals surface area contributed by atoms with E-state index < -0.39 is 12.0 Å². The fraction of sp³-hybridized carbons (Fsp3) is 0.818. The number of carboxylic acid groups (broad SMARTS) is 1. The van der Waals surface area contributed by atoms with Crippen LogP contribution in [0.25, 0.3) is 0 Å². The van der Waals surface area contributed by atoms with Crippen LogP contribution in [0, 0.1) is 5.92 Å². The van der Waals surface area contributed by atoms with Gasteiger partial charge in [-0.05, 0) is 31.8 Å². The molecule has 0 aromatic carbocycles. The number of carbonyl (C=O) groups excluding carboxylic acids is 1.